The van der Waals surface area contributed by atoms with Gasteiger partial charge in [0.05, 0.1) is 16.9 Å². The van der Waals surface area contributed by atoms with Crippen LogP contribution in [0, 0.1) is 10.1 Å². The second-order valence-corrected chi connectivity index (χ2v) is 11.0. The molecule has 3 aromatic rings. The van der Waals surface area contributed by atoms with E-state index in [0.29, 0.717) is 10.1 Å². The average molecular weight is 508 g/mol. The Hall–Kier alpha value is -3.03. The molecule has 0 aliphatic carbocycles. The van der Waals surface area contributed by atoms with Crippen LogP contribution in [0.1, 0.15) is 18.9 Å². The highest BCUT2D eigenvalue weighted by molar-refractivity contribution is 8.00. The van der Waals surface area contributed by atoms with Crippen molar-refractivity contribution in [2.45, 2.75) is 29.5 Å². The third kappa shape index (κ3) is 6.49. The standard InChI is InChI=1S/C20H21N5O5S3/c1-3-17(24(33(2,29)30)15-10-7-11-16(12-15)25(27)28)18(26)21-19-22-23-20(32-19)31-13-14-8-5-4-6-9-14/h4-12,17H,3,13H2,1-2H3,(H,21,22,26)/t17-/m1/s1. The van der Waals surface area contributed by atoms with Crippen LogP contribution >= 0.6 is 23.1 Å². The van der Waals surface area contributed by atoms with Gasteiger partial charge in [0.2, 0.25) is 21.1 Å². The number of carbonyl (C=O) groups excluding carboxylic acids is 1. The van der Waals surface area contributed by atoms with Crippen LogP contribution in [-0.2, 0) is 20.6 Å². The first-order chi connectivity index (χ1) is 15.7. The van der Waals surface area contributed by atoms with Crippen LogP contribution in [0.25, 0.3) is 0 Å². The Balaban J connectivity index is 1.77. The summed E-state index contributed by atoms with van der Waals surface area (Å²) in [7, 11) is -3.93. The van der Waals surface area contributed by atoms with Crippen LogP contribution in [0.2, 0.25) is 0 Å². The van der Waals surface area contributed by atoms with Gasteiger partial charge in [-0.05, 0) is 18.1 Å². The molecule has 0 aliphatic rings. The molecule has 13 heteroatoms. The predicted molar refractivity (Wildman–Crippen MR) is 129 cm³/mol. The minimum absolute atomic E-state index is 0.0325. The van der Waals surface area contributed by atoms with E-state index in [0.717, 1.165) is 22.2 Å². The topological polar surface area (TPSA) is 135 Å². The molecule has 1 aromatic heterocycles. The van der Waals surface area contributed by atoms with Crippen molar-refractivity contribution in [3.05, 3.63) is 70.3 Å². The van der Waals surface area contributed by atoms with Crippen molar-refractivity contribution in [2.75, 3.05) is 15.9 Å². The maximum Gasteiger partial charge on any atom is 0.271 e. The Morgan fingerprint density at radius 1 is 1.21 bits per heavy atom. The number of amides is 1. The first-order valence-corrected chi connectivity index (χ1v) is 13.4. The van der Waals surface area contributed by atoms with Crippen molar-refractivity contribution in [1.82, 2.24) is 10.2 Å². The molecule has 3 rings (SSSR count). The second-order valence-electron chi connectivity index (χ2n) is 6.90. The lowest BCUT2D eigenvalue weighted by atomic mass is 10.2. The number of thioether (sulfide) groups is 1. The molecule has 0 radical (unpaired) electrons. The number of nitrogens with zero attached hydrogens (tertiary/aromatic N) is 4. The molecule has 0 fully saturated rings. The van der Waals surface area contributed by atoms with E-state index in [1.54, 1.807) is 6.92 Å². The minimum Gasteiger partial charge on any atom is -0.299 e. The largest absolute Gasteiger partial charge is 0.299 e. The summed E-state index contributed by atoms with van der Waals surface area (Å²) in [6, 6.07) is 13.8. The molecule has 10 nitrogen and oxygen atoms in total. The van der Waals surface area contributed by atoms with E-state index in [4.69, 9.17) is 0 Å². The van der Waals surface area contributed by atoms with Gasteiger partial charge in [0.15, 0.2) is 4.34 Å². The molecule has 174 valence electrons. The number of rotatable bonds is 10. The Kier molecular flexibility index (Phi) is 8.00. The predicted octanol–water partition coefficient (Wildman–Crippen LogP) is 3.92. The number of non-ortho nitro benzene ring substituents is 1. The molecule has 0 aliphatic heterocycles. The lowest BCUT2D eigenvalue weighted by Gasteiger charge is -2.29. The zero-order valence-electron chi connectivity index (χ0n) is 17.7. The molecule has 1 atom stereocenters. The summed E-state index contributed by atoms with van der Waals surface area (Å²) in [6.45, 7) is 1.65. The van der Waals surface area contributed by atoms with E-state index in [1.165, 1.54) is 41.3 Å². The first kappa shape index (κ1) is 24.6. The van der Waals surface area contributed by atoms with Gasteiger partial charge in [-0.3, -0.25) is 24.5 Å². The number of anilines is 2. The van der Waals surface area contributed by atoms with Gasteiger partial charge in [-0.25, -0.2) is 8.42 Å². The van der Waals surface area contributed by atoms with E-state index >= 15 is 0 Å². The fourth-order valence-corrected chi connectivity index (χ4v) is 5.94. The van der Waals surface area contributed by atoms with E-state index in [1.807, 2.05) is 30.3 Å². The Morgan fingerprint density at radius 3 is 2.58 bits per heavy atom. The average Bonchev–Trinajstić information content (AvgIpc) is 3.23. The van der Waals surface area contributed by atoms with Gasteiger partial charge >= 0.3 is 0 Å². The van der Waals surface area contributed by atoms with Gasteiger partial charge in [-0.15, -0.1) is 10.2 Å². The summed E-state index contributed by atoms with van der Waals surface area (Å²) in [5.74, 6) is 0.0838. The Bertz CT molecular complexity index is 1230. The monoisotopic (exact) mass is 507 g/mol. The molecular formula is C20H21N5O5S3. The molecule has 33 heavy (non-hydrogen) atoms. The maximum atomic E-state index is 13.0. The quantitative estimate of drug-likeness (QED) is 0.189. The summed E-state index contributed by atoms with van der Waals surface area (Å²) in [5.41, 5.74) is 0.876. The number of benzene rings is 2. The molecule has 0 saturated carbocycles. The van der Waals surface area contributed by atoms with Crippen LogP contribution < -0.4 is 9.62 Å². The van der Waals surface area contributed by atoms with E-state index in [-0.39, 0.29) is 22.9 Å². The smallest absolute Gasteiger partial charge is 0.271 e. The van der Waals surface area contributed by atoms with Crippen molar-refractivity contribution in [3.8, 4) is 0 Å². The van der Waals surface area contributed by atoms with Gasteiger partial charge in [-0.1, -0.05) is 66.4 Å². The summed E-state index contributed by atoms with van der Waals surface area (Å²) >= 11 is 2.65. The lowest BCUT2D eigenvalue weighted by Crippen LogP contribution is -2.47. The SMILES string of the molecule is CC[C@H](C(=O)Nc1nnc(SCc2ccccc2)s1)N(c1cccc([N+](=O)[O-])c1)S(C)(=O)=O. The number of hydrogen-bond acceptors (Lipinski definition) is 9. The number of hydrogen-bond donors (Lipinski definition) is 1. The van der Waals surface area contributed by atoms with Gasteiger partial charge < -0.3 is 0 Å². The van der Waals surface area contributed by atoms with Gasteiger partial charge in [0.25, 0.3) is 5.69 Å². The number of sulfonamides is 1. The minimum atomic E-state index is -3.93. The van der Waals surface area contributed by atoms with Crippen molar-refractivity contribution in [2.24, 2.45) is 0 Å². The van der Waals surface area contributed by atoms with E-state index in [9.17, 15) is 23.3 Å². The fraction of sp³-hybridized carbons (Fsp3) is 0.250. The first-order valence-electron chi connectivity index (χ1n) is 9.74. The molecule has 2 aromatic carbocycles. The summed E-state index contributed by atoms with van der Waals surface area (Å²) in [5, 5.41) is 22.0. The van der Waals surface area contributed by atoms with Crippen molar-refractivity contribution < 1.29 is 18.1 Å². The van der Waals surface area contributed by atoms with Gasteiger partial charge in [-0.2, -0.15) is 0 Å². The highest BCUT2D eigenvalue weighted by Crippen LogP contribution is 2.30. The summed E-state index contributed by atoms with van der Waals surface area (Å²) in [6.07, 6.45) is 1.08. The number of nitro benzene ring substituents is 1. The lowest BCUT2D eigenvalue weighted by molar-refractivity contribution is -0.384. The zero-order chi connectivity index (χ0) is 24.0. The number of carbonyl (C=O) groups is 1. The van der Waals surface area contributed by atoms with Crippen LogP contribution in [-0.4, -0.2) is 41.7 Å². The third-order valence-electron chi connectivity index (χ3n) is 4.47. The fourth-order valence-electron chi connectivity index (χ4n) is 3.03. The molecule has 1 amide bonds. The van der Waals surface area contributed by atoms with E-state index < -0.39 is 26.9 Å². The highest BCUT2D eigenvalue weighted by atomic mass is 32.2. The van der Waals surface area contributed by atoms with Crippen molar-refractivity contribution >= 4 is 55.5 Å². The van der Waals surface area contributed by atoms with Gasteiger partial charge in [0.1, 0.15) is 6.04 Å². The third-order valence-corrected chi connectivity index (χ3v) is 7.69. The van der Waals surface area contributed by atoms with E-state index in [2.05, 4.69) is 15.5 Å². The normalized spacial score (nSPS) is 12.2. The number of nitrogens with one attached hydrogen (secondary N) is 1. The molecule has 0 bridgehead atoms. The van der Waals surface area contributed by atoms with Crippen molar-refractivity contribution in [1.29, 1.82) is 0 Å². The molecule has 0 saturated heterocycles. The van der Waals surface area contributed by atoms with Crippen LogP contribution in [0.4, 0.5) is 16.5 Å². The maximum absolute atomic E-state index is 13.0. The number of aromatic nitrogens is 2. The van der Waals surface area contributed by atoms with Crippen LogP contribution in [0.5, 0.6) is 0 Å². The molecule has 0 spiro atoms. The Labute approximate surface area is 199 Å². The van der Waals surface area contributed by atoms with Crippen LogP contribution in [0.15, 0.2) is 58.9 Å². The van der Waals surface area contributed by atoms with Gasteiger partial charge in [0, 0.05) is 17.9 Å². The zero-order valence-corrected chi connectivity index (χ0v) is 20.2. The van der Waals surface area contributed by atoms with Crippen LogP contribution in [0.3, 0.4) is 0 Å². The summed E-state index contributed by atoms with van der Waals surface area (Å²) in [4.78, 5) is 23.5. The summed E-state index contributed by atoms with van der Waals surface area (Å²) < 4.78 is 26.6. The number of nitro groups is 1. The van der Waals surface area contributed by atoms with Crippen molar-refractivity contribution in [3.63, 3.8) is 0 Å². The Morgan fingerprint density at radius 2 is 1.94 bits per heavy atom. The highest BCUT2D eigenvalue weighted by Gasteiger charge is 2.32. The molecular weight excluding hydrogens is 486 g/mol. The second kappa shape index (κ2) is 10.7. The molecule has 1 heterocycles. The molecule has 0 unspecified atom stereocenters. The molecule has 1 N–H and O–H groups in total.